The lowest BCUT2D eigenvalue weighted by molar-refractivity contribution is 0.0734. The Labute approximate surface area is 136 Å². The quantitative estimate of drug-likeness (QED) is 0.678. The van der Waals surface area contributed by atoms with Crippen molar-refractivity contribution in [2.45, 2.75) is 36.7 Å². The van der Waals surface area contributed by atoms with Crippen LogP contribution in [0.4, 0.5) is 4.79 Å². The topological polar surface area (TPSA) is 72.5 Å². The minimum absolute atomic E-state index is 0.00699. The standard InChI is InChI=1S/C17H19NO4S/c1-3-11-17(12-5-4-6-13-17)22-16(19)18-23(20,21)15-9-7-14(2)8-10-15/h5,7-12H,1,4,6,13H2,2H3,(H,18,19). The Hall–Kier alpha value is -2.30. The molecule has 0 saturated heterocycles. The van der Waals surface area contributed by atoms with E-state index in [1.807, 2.05) is 17.7 Å². The highest BCUT2D eigenvalue weighted by atomic mass is 32.2. The summed E-state index contributed by atoms with van der Waals surface area (Å²) in [6.07, 6.45) is 6.39. The highest BCUT2D eigenvalue weighted by Gasteiger charge is 2.32. The van der Waals surface area contributed by atoms with Crippen molar-refractivity contribution in [3.63, 3.8) is 0 Å². The van der Waals surface area contributed by atoms with Crippen molar-refractivity contribution in [1.29, 1.82) is 0 Å². The smallest absolute Gasteiger partial charge is 0.422 e. The van der Waals surface area contributed by atoms with Gasteiger partial charge >= 0.3 is 6.09 Å². The van der Waals surface area contributed by atoms with Crippen molar-refractivity contribution in [2.24, 2.45) is 0 Å². The fourth-order valence-corrected chi connectivity index (χ4v) is 3.22. The number of hydrogen-bond donors (Lipinski definition) is 1. The Morgan fingerprint density at radius 3 is 2.65 bits per heavy atom. The van der Waals surface area contributed by atoms with Crippen LogP contribution in [0.2, 0.25) is 0 Å². The molecule has 0 heterocycles. The molecule has 1 aromatic carbocycles. The summed E-state index contributed by atoms with van der Waals surface area (Å²) in [5, 5.41) is 0. The van der Waals surface area contributed by atoms with Crippen LogP contribution in [-0.4, -0.2) is 20.1 Å². The number of aryl methyl sites for hydroxylation is 1. The van der Waals surface area contributed by atoms with Gasteiger partial charge in [0.05, 0.1) is 4.90 Å². The van der Waals surface area contributed by atoms with Gasteiger partial charge in [-0.15, -0.1) is 5.73 Å². The predicted molar refractivity (Wildman–Crippen MR) is 87.4 cm³/mol. The molecule has 122 valence electrons. The average Bonchev–Trinajstić information content (AvgIpc) is 2.48. The van der Waals surface area contributed by atoms with Gasteiger partial charge in [0.2, 0.25) is 0 Å². The van der Waals surface area contributed by atoms with E-state index in [9.17, 15) is 13.2 Å². The molecule has 1 unspecified atom stereocenters. The second kappa shape index (κ2) is 6.86. The molecule has 1 N–H and O–H groups in total. The molecule has 5 nitrogen and oxygen atoms in total. The minimum Gasteiger partial charge on any atom is -0.433 e. The molecule has 23 heavy (non-hydrogen) atoms. The third kappa shape index (κ3) is 4.34. The second-order valence-corrected chi connectivity index (χ2v) is 7.09. The zero-order valence-corrected chi connectivity index (χ0v) is 13.7. The average molecular weight is 333 g/mol. The van der Waals surface area contributed by atoms with Crippen molar-refractivity contribution < 1.29 is 17.9 Å². The third-order valence-electron chi connectivity index (χ3n) is 3.52. The van der Waals surface area contributed by atoms with Gasteiger partial charge in [-0.05, 0) is 44.4 Å². The number of amides is 1. The number of carbonyl (C=O) groups is 1. The summed E-state index contributed by atoms with van der Waals surface area (Å²) >= 11 is 0. The van der Waals surface area contributed by atoms with Crippen LogP contribution in [0.1, 0.15) is 24.8 Å². The van der Waals surface area contributed by atoms with E-state index in [2.05, 4.69) is 12.3 Å². The molecule has 0 fully saturated rings. The summed E-state index contributed by atoms with van der Waals surface area (Å²) in [4.78, 5) is 12.0. The Kier molecular flexibility index (Phi) is 5.08. The summed E-state index contributed by atoms with van der Waals surface area (Å²) < 4.78 is 31.6. The molecule has 1 atom stereocenters. The number of carbonyl (C=O) groups excluding carboxylic acids is 1. The van der Waals surface area contributed by atoms with Crippen LogP contribution in [0.25, 0.3) is 0 Å². The summed E-state index contributed by atoms with van der Waals surface area (Å²) in [5.41, 5.74) is 2.54. The molecule has 0 aromatic heterocycles. The molecule has 6 heteroatoms. The molecule has 0 radical (unpaired) electrons. The van der Waals surface area contributed by atoms with Crippen LogP contribution in [0.5, 0.6) is 0 Å². The van der Waals surface area contributed by atoms with E-state index < -0.39 is 21.7 Å². The van der Waals surface area contributed by atoms with Crippen LogP contribution in [0, 0.1) is 6.92 Å². The zero-order valence-electron chi connectivity index (χ0n) is 12.9. The third-order valence-corrected chi connectivity index (χ3v) is 4.84. The maximum Gasteiger partial charge on any atom is 0.422 e. The first-order chi connectivity index (χ1) is 10.9. The summed E-state index contributed by atoms with van der Waals surface area (Å²) in [6.45, 7) is 5.34. The fourth-order valence-electron chi connectivity index (χ4n) is 2.35. The number of sulfonamides is 1. The minimum atomic E-state index is -3.97. The molecule has 1 aromatic rings. The van der Waals surface area contributed by atoms with Crippen molar-refractivity contribution in [2.75, 3.05) is 0 Å². The van der Waals surface area contributed by atoms with Gasteiger partial charge in [-0.1, -0.05) is 30.4 Å². The fraction of sp³-hybridized carbons (Fsp3) is 0.294. The van der Waals surface area contributed by atoms with E-state index in [-0.39, 0.29) is 4.90 Å². The van der Waals surface area contributed by atoms with Gasteiger partial charge in [-0.3, -0.25) is 0 Å². The first kappa shape index (κ1) is 17.1. The molecule has 1 amide bonds. The molecule has 2 rings (SSSR count). The van der Waals surface area contributed by atoms with Gasteiger partial charge in [0.15, 0.2) is 5.60 Å². The number of hydrogen-bond acceptors (Lipinski definition) is 4. The van der Waals surface area contributed by atoms with Crippen LogP contribution in [0.15, 0.2) is 59.7 Å². The SMILES string of the molecule is C=C=CC1(OC(=O)NS(=O)(=O)c2ccc(C)cc2)C=CCCC1. The number of ether oxygens (including phenoxy) is 1. The first-order valence-electron chi connectivity index (χ1n) is 7.24. The maximum absolute atomic E-state index is 12.2. The van der Waals surface area contributed by atoms with Gasteiger partial charge in [0.25, 0.3) is 10.0 Å². The Morgan fingerprint density at radius 1 is 1.39 bits per heavy atom. The molecule has 1 aliphatic rings. The summed E-state index contributed by atoms with van der Waals surface area (Å²) in [7, 11) is -3.97. The first-order valence-corrected chi connectivity index (χ1v) is 8.72. The maximum atomic E-state index is 12.2. The lowest BCUT2D eigenvalue weighted by atomic mass is 9.91. The van der Waals surface area contributed by atoms with Crippen molar-refractivity contribution in [1.82, 2.24) is 4.72 Å². The van der Waals surface area contributed by atoms with E-state index in [1.54, 1.807) is 18.2 Å². The molecule has 0 bridgehead atoms. The largest absolute Gasteiger partial charge is 0.433 e. The van der Waals surface area contributed by atoms with Gasteiger partial charge < -0.3 is 4.74 Å². The Bertz CT molecular complexity index is 758. The predicted octanol–water partition coefficient (Wildman–Crippen LogP) is 3.23. The highest BCUT2D eigenvalue weighted by Crippen LogP contribution is 2.27. The number of benzene rings is 1. The van der Waals surface area contributed by atoms with Crippen LogP contribution >= 0.6 is 0 Å². The number of rotatable bonds is 4. The second-order valence-electron chi connectivity index (χ2n) is 5.41. The van der Waals surface area contributed by atoms with E-state index >= 15 is 0 Å². The molecule has 0 aliphatic heterocycles. The van der Waals surface area contributed by atoms with Gasteiger partial charge in [0, 0.05) is 6.08 Å². The van der Waals surface area contributed by atoms with Crippen molar-refractivity contribution in [3.05, 3.63) is 60.4 Å². The number of allylic oxidation sites excluding steroid dienone is 1. The van der Waals surface area contributed by atoms with E-state index in [1.165, 1.54) is 18.2 Å². The molecular formula is C17H19NO4S. The van der Waals surface area contributed by atoms with Crippen molar-refractivity contribution in [3.8, 4) is 0 Å². The van der Waals surface area contributed by atoms with Gasteiger partial charge in [-0.2, -0.15) is 0 Å². The normalized spacial score (nSPS) is 20.4. The lowest BCUT2D eigenvalue weighted by Crippen LogP contribution is -2.39. The summed E-state index contributed by atoms with van der Waals surface area (Å²) in [5.74, 6) is 0. The monoisotopic (exact) mass is 333 g/mol. The Morgan fingerprint density at radius 2 is 2.09 bits per heavy atom. The van der Waals surface area contributed by atoms with Crippen LogP contribution in [-0.2, 0) is 14.8 Å². The van der Waals surface area contributed by atoms with Gasteiger partial charge in [-0.25, -0.2) is 17.9 Å². The Balaban J connectivity index is 2.14. The molecule has 0 saturated carbocycles. The van der Waals surface area contributed by atoms with Crippen LogP contribution in [0.3, 0.4) is 0 Å². The zero-order chi connectivity index (χ0) is 16.9. The van der Waals surface area contributed by atoms with E-state index in [0.717, 1.165) is 18.4 Å². The lowest BCUT2D eigenvalue weighted by Gasteiger charge is -2.29. The van der Waals surface area contributed by atoms with E-state index in [0.29, 0.717) is 6.42 Å². The van der Waals surface area contributed by atoms with E-state index in [4.69, 9.17) is 4.74 Å². The van der Waals surface area contributed by atoms with Crippen LogP contribution < -0.4 is 4.72 Å². The molecular weight excluding hydrogens is 314 g/mol. The molecule has 0 spiro atoms. The summed E-state index contributed by atoms with van der Waals surface area (Å²) in [6, 6.07) is 6.19. The highest BCUT2D eigenvalue weighted by molar-refractivity contribution is 7.90. The van der Waals surface area contributed by atoms with Crippen molar-refractivity contribution >= 4 is 16.1 Å². The molecule has 1 aliphatic carbocycles. The van der Waals surface area contributed by atoms with Gasteiger partial charge in [0.1, 0.15) is 0 Å². The number of nitrogens with one attached hydrogen (secondary N) is 1.